The van der Waals surface area contributed by atoms with E-state index in [0.29, 0.717) is 11.3 Å². The Labute approximate surface area is 125 Å². The van der Waals surface area contributed by atoms with Crippen LogP contribution in [0.4, 0.5) is 10.1 Å². The third-order valence-corrected chi connectivity index (χ3v) is 4.39. The van der Waals surface area contributed by atoms with Crippen LogP contribution in [-0.4, -0.2) is 6.04 Å². The van der Waals surface area contributed by atoms with E-state index in [9.17, 15) is 4.39 Å². The van der Waals surface area contributed by atoms with E-state index in [1.165, 1.54) is 11.1 Å². The monoisotopic (exact) mass is 330 g/mol. The molecule has 100 valence electrons. The SMILES string of the molecule is N#Cc1ccc(NC2Cc3ccccc3C2)c(F)c1Br. The van der Waals surface area contributed by atoms with Gasteiger partial charge >= 0.3 is 0 Å². The number of benzene rings is 2. The van der Waals surface area contributed by atoms with Gasteiger partial charge in [-0.2, -0.15) is 5.26 Å². The number of hydrogen-bond donors (Lipinski definition) is 1. The van der Waals surface area contributed by atoms with Crippen LogP contribution in [0.25, 0.3) is 0 Å². The molecule has 0 atom stereocenters. The second-order valence-corrected chi connectivity index (χ2v) is 5.71. The van der Waals surface area contributed by atoms with E-state index in [2.05, 4.69) is 33.4 Å². The topological polar surface area (TPSA) is 35.8 Å². The summed E-state index contributed by atoms with van der Waals surface area (Å²) in [6.07, 6.45) is 1.79. The first-order valence-electron chi connectivity index (χ1n) is 6.40. The van der Waals surface area contributed by atoms with Crippen LogP contribution in [0.3, 0.4) is 0 Å². The van der Waals surface area contributed by atoms with Gasteiger partial charge in [0, 0.05) is 6.04 Å². The molecular weight excluding hydrogens is 319 g/mol. The van der Waals surface area contributed by atoms with Crippen molar-refractivity contribution in [2.24, 2.45) is 0 Å². The number of anilines is 1. The molecule has 0 aromatic heterocycles. The molecule has 0 aliphatic heterocycles. The molecule has 0 saturated heterocycles. The zero-order chi connectivity index (χ0) is 14.1. The summed E-state index contributed by atoms with van der Waals surface area (Å²) in [5.41, 5.74) is 3.38. The standard InChI is InChI=1S/C16H12BrFN2/c17-15-12(9-19)5-6-14(16(15)18)20-13-7-10-3-1-2-4-11(10)8-13/h1-6,13,20H,7-8H2. The molecule has 1 N–H and O–H groups in total. The van der Waals surface area contributed by atoms with Crippen LogP contribution in [-0.2, 0) is 12.8 Å². The highest BCUT2D eigenvalue weighted by Crippen LogP contribution is 2.29. The Morgan fingerprint density at radius 2 is 1.80 bits per heavy atom. The van der Waals surface area contributed by atoms with Gasteiger partial charge in [0.1, 0.15) is 6.07 Å². The smallest absolute Gasteiger partial charge is 0.161 e. The molecule has 0 unspecified atom stereocenters. The Morgan fingerprint density at radius 3 is 2.40 bits per heavy atom. The maximum absolute atomic E-state index is 14.2. The van der Waals surface area contributed by atoms with Crippen LogP contribution in [0.15, 0.2) is 40.9 Å². The highest BCUT2D eigenvalue weighted by molar-refractivity contribution is 9.10. The van der Waals surface area contributed by atoms with Crippen molar-refractivity contribution >= 4 is 21.6 Å². The molecule has 2 nitrogen and oxygen atoms in total. The quantitative estimate of drug-likeness (QED) is 0.902. The van der Waals surface area contributed by atoms with Gasteiger partial charge < -0.3 is 5.32 Å². The molecule has 2 aromatic rings. The summed E-state index contributed by atoms with van der Waals surface area (Å²) in [5, 5.41) is 12.1. The van der Waals surface area contributed by atoms with Crippen LogP contribution in [0.2, 0.25) is 0 Å². The number of nitrogens with one attached hydrogen (secondary N) is 1. The molecule has 20 heavy (non-hydrogen) atoms. The number of rotatable bonds is 2. The van der Waals surface area contributed by atoms with Crippen LogP contribution < -0.4 is 5.32 Å². The third kappa shape index (κ3) is 2.30. The largest absolute Gasteiger partial charge is 0.379 e. The number of nitrogens with zero attached hydrogens (tertiary/aromatic N) is 1. The normalized spacial score (nSPS) is 13.8. The lowest BCUT2D eigenvalue weighted by Gasteiger charge is -2.15. The molecule has 0 heterocycles. The van der Waals surface area contributed by atoms with E-state index < -0.39 is 5.82 Å². The molecule has 2 aromatic carbocycles. The van der Waals surface area contributed by atoms with Gasteiger partial charge in [0.05, 0.1) is 15.7 Å². The fourth-order valence-electron chi connectivity index (χ4n) is 2.63. The summed E-state index contributed by atoms with van der Waals surface area (Å²) >= 11 is 3.13. The van der Waals surface area contributed by atoms with E-state index in [-0.39, 0.29) is 10.5 Å². The summed E-state index contributed by atoms with van der Waals surface area (Å²) in [7, 11) is 0. The van der Waals surface area contributed by atoms with Crippen molar-refractivity contribution in [3.8, 4) is 6.07 Å². The fraction of sp³-hybridized carbons (Fsp3) is 0.188. The van der Waals surface area contributed by atoms with Crippen LogP contribution in [0.1, 0.15) is 16.7 Å². The number of hydrogen-bond acceptors (Lipinski definition) is 2. The van der Waals surface area contributed by atoms with E-state index in [1.54, 1.807) is 12.1 Å². The van der Waals surface area contributed by atoms with Gasteiger partial charge in [-0.15, -0.1) is 0 Å². The zero-order valence-corrected chi connectivity index (χ0v) is 12.2. The van der Waals surface area contributed by atoms with Crippen molar-refractivity contribution in [1.82, 2.24) is 0 Å². The Morgan fingerprint density at radius 1 is 1.15 bits per heavy atom. The molecule has 4 heteroatoms. The summed E-state index contributed by atoms with van der Waals surface area (Å²) in [5.74, 6) is -0.403. The first-order chi connectivity index (χ1) is 9.69. The number of nitriles is 1. The molecule has 0 spiro atoms. The predicted molar refractivity (Wildman–Crippen MR) is 80.1 cm³/mol. The molecule has 0 saturated carbocycles. The molecular formula is C16H12BrFN2. The van der Waals surface area contributed by atoms with E-state index in [1.807, 2.05) is 18.2 Å². The van der Waals surface area contributed by atoms with E-state index in [0.717, 1.165) is 12.8 Å². The van der Waals surface area contributed by atoms with Gasteiger partial charge in [-0.1, -0.05) is 24.3 Å². The van der Waals surface area contributed by atoms with Gasteiger partial charge in [-0.3, -0.25) is 0 Å². The van der Waals surface area contributed by atoms with Crippen molar-refractivity contribution in [1.29, 1.82) is 5.26 Å². The lowest BCUT2D eigenvalue weighted by molar-refractivity contribution is 0.618. The molecule has 0 fully saturated rings. The number of halogens is 2. The summed E-state index contributed by atoms with van der Waals surface area (Å²) in [4.78, 5) is 0. The Bertz CT molecular complexity index is 681. The minimum atomic E-state index is -0.403. The Kier molecular flexibility index (Phi) is 3.45. The fourth-order valence-corrected chi connectivity index (χ4v) is 3.06. The summed E-state index contributed by atoms with van der Waals surface area (Å²) in [6, 6.07) is 13.7. The lowest BCUT2D eigenvalue weighted by atomic mass is 10.1. The van der Waals surface area contributed by atoms with Gasteiger partial charge in [-0.05, 0) is 52.0 Å². The Hall–Kier alpha value is -1.86. The van der Waals surface area contributed by atoms with Crippen molar-refractivity contribution in [2.45, 2.75) is 18.9 Å². The summed E-state index contributed by atoms with van der Waals surface area (Å²) < 4.78 is 14.4. The second-order valence-electron chi connectivity index (χ2n) is 4.92. The lowest BCUT2D eigenvalue weighted by Crippen LogP contribution is -2.20. The first-order valence-corrected chi connectivity index (χ1v) is 7.19. The van der Waals surface area contributed by atoms with Gasteiger partial charge in [0.15, 0.2) is 5.82 Å². The van der Waals surface area contributed by atoms with Gasteiger partial charge in [0.2, 0.25) is 0 Å². The maximum Gasteiger partial charge on any atom is 0.161 e. The van der Waals surface area contributed by atoms with Crippen LogP contribution in [0, 0.1) is 17.1 Å². The maximum atomic E-state index is 14.2. The van der Waals surface area contributed by atoms with Gasteiger partial charge in [0.25, 0.3) is 0 Å². The molecule has 1 aliphatic rings. The van der Waals surface area contributed by atoms with Crippen molar-refractivity contribution in [3.05, 3.63) is 63.4 Å². The Balaban J connectivity index is 1.81. The summed E-state index contributed by atoms with van der Waals surface area (Å²) in [6.45, 7) is 0. The molecule has 0 radical (unpaired) electrons. The third-order valence-electron chi connectivity index (χ3n) is 3.61. The average Bonchev–Trinajstić information content (AvgIpc) is 2.86. The van der Waals surface area contributed by atoms with E-state index >= 15 is 0 Å². The minimum Gasteiger partial charge on any atom is -0.379 e. The molecule has 3 rings (SSSR count). The zero-order valence-electron chi connectivity index (χ0n) is 10.7. The highest BCUT2D eigenvalue weighted by atomic mass is 79.9. The second kappa shape index (κ2) is 5.26. The first kappa shape index (κ1) is 13.1. The van der Waals surface area contributed by atoms with Crippen molar-refractivity contribution < 1.29 is 4.39 Å². The number of fused-ring (bicyclic) bond motifs is 1. The van der Waals surface area contributed by atoms with Crippen molar-refractivity contribution in [3.63, 3.8) is 0 Å². The average molecular weight is 331 g/mol. The molecule has 0 amide bonds. The van der Waals surface area contributed by atoms with Crippen LogP contribution >= 0.6 is 15.9 Å². The predicted octanol–water partition coefficient (Wildman–Crippen LogP) is 4.04. The minimum absolute atomic E-state index is 0.196. The molecule has 0 bridgehead atoms. The van der Waals surface area contributed by atoms with Gasteiger partial charge in [-0.25, -0.2) is 4.39 Å². The van der Waals surface area contributed by atoms with Crippen molar-refractivity contribution in [2.75, 3.05) is 5.32 Å². The van der Waals surface area contributed by atoms with E-state index in [4.69, 9.17) is 5.26 Å². The molecule has 1 aliphatic carbocycles. The van der Waals surface area contributed by atoms with Crippen LogP contribution in [0.5, 0.6) is 0 Å². The highest BCUT2D eigenvalue weighted by Gasteiger charge is 2.22.